The quantitative estimate of drug-likeness (QED) is 0.838. The van der Waals surface area contributed by atoms with Gasteiger partial charge in [-0.2, -0.15) is 13.2 Å². The Hall–Kier alpha value is -0.620. The normalized spacial score (nSPS) is 14.8. The van der Waals surface area contributed by atoms with E-state index in [9.17, 15) is 13.2 Å². The Morgan fingerprint density at radius 2 is 2.00 bits per heavy atom. The molecule has 0 aliphatic heterocycles. The molecule has 1 rings (SSSR count). The van der Waals surface area contributed by atoms with Crippen molar-refractivity contribution in [2.24, 2.45) is 5.73 Å². The number of halogens is 3. The molecule has 0 radical (unpaired) electrons. The van der Waals surface area contributed by atoms with Crippen LogP contribution in [0.25, 0.3) is 0 Å². The van der Waals surface area contributed by atoms with Gasteiger partial charge in [0, 0.05) is 12.1 Å². The predicted molar refractivity (Wildman–Crippen MR) is 49.2 cm³/mol. The van der Waals surface area contributed by atoms with Gasteiger partial charge in [-0.3, -0.25) is 0 Å². The first-order valence-corrected chi connectivity index (χ1v) is 4.92. The molecule has 0 bridgehead atoms. The number of nitrogens with zero attached hydrogens (tertiary/aromatic N) is 1. The molecule has 0 spiro atoms. The lowest BCUT2D eigenvalue weighted by molar-refractivity contribution is -0.148. The maximum Gasteiger partial charge on any atom is 0.408 e. The molecule has 1 unspecified atom stereocenters. The van der Waals surface area contributed by atoms with Crippen LogP contribution in [0.15, 0.2) is 6.20 Å². The zero-order valence-electron chi connectivity index (χ0n) is 7.80. The first-order chi connectivity index (χ1) is 6.32. The lowest BCUT2D eigenvalue weighted by Gasteiger charge is -2.12. The Bertz CT molecular complexity index is 306. The number of hydrogen-bond acceptors (Lipinski definition) is 3. The van der Waals surface area contributed by atoms with Crippen LogP contribution in [0.5, 0.6) is 0 Å². The largest absolute Gasteiger partial charge is 0.408 e. The molecule has 6 heteroatoms. The molecular formula is C8H11F3N2S. The van der Waals surface area contributed by atoms with Crippen molar-refractivity contribution in [2.75, 3.05) is 0 Å². The van der Waals surface area contributed by atoms with Crippen LogP contribution in [0.1, 0.15) is 35.7 Å². The summed E-state index contributed by atoms with van der Waals surface area (Å²) in [4.78, 5) is 3.96. The Morgan fingerprint density at radius 3 is 2.36 bits per heavy atom. The number of thiazole rings is 1. The number of alkyl halides is 3. The first-order valence-electron chi connectivity index (χ1n) is 4.10. The molecule has 0 aliphatic carbocycles. The maximum absolute atomic E-state index is 12.2. The van der Waals surface area contributed by atoms with Gasteiger partial charge in [-0.15, -0.1) is 11.3 Å². The zero-order chi connectivity index (χ0) is 10.9. The van der Waals surface area contributed by atoms with Crippen LogP contribution in [0.4, 0.5) is 13.2 Å². The summed E-state index contributed by atoms with van der Waals surface area (Å²) in [6.45, 7) is 3.75. The molecule has 0 aliphatic rings. The molecule has 1 aromatic heterocycles. The van der Waals surface area contributed by atoms with Crippen molar-refractivity contribution in [3.8, 4) is 0 Å². The number of hydrogen-bond donors (Lipinski definition) is 1. The summed E-state index contributed by atoms with van der Waals surface area (Å²) >= 11 is 1.02. The van der Waals surface area contributed by atoms with Crippen LogP contribution < -0.4 is 5.73 Å². The molecule has 80 valence electrons. The third-order valence-electron chi connectivity index (χ3n) is 1.69. The minimum absolute atomic E-state index is 0.0706. The van der Waals surface area contributed by atoms with Gasteiger partial charge in [-0.1, -0.05) is 13.8 Å². The van der Waals surface area contributed by atoms with E-state index in [1.54, 1.807) is 0 Å². The second kappa shape index (κ2) is 3.86. The highest BCUT2D eigenvalue weighted by molar-refractivity contribution is 7.11. The van der Waals surface area contributed by atoms with Gasteiger partial charge in [0.15, 0.2) is 0 Å². The van der Waals surface area contributed by atoms with Gasteiger partial charge in [0.05, 0.1) is 9.88 Å². The fourth-order valence-corrected chi connectivity index (χ4v) is 1.82. The fourth-order valence-electron chi connectivity index (χ4n) is 0.873. The summed E-state index contributed by atoms with van der Waals surface area (Å²) in [6, 6.07) is -1.91. The standard InChI is InChI=1S/C8H11F3N2S/c1-4(2)7-13-3-5(14-7)6(12)8(9,10)11/h3-4,6H,12H2,1-2H3. The van der Waals surface area contributed by atoms with Crippen LogP contribution in [0.3, 0.4) is 0 Å². The Kier molecular flexibility index (Phi) is 3.16. The molecular weight excluding hydrogens is 213 g/mol. The first kappa shape index (κ1) is 11.5. The second-order valence-corrected chi connectivity index (χ2v) is 4.37. The van der Waals surface area contributed by atoms with Gasteiger partial charge in [0.2, 0.25) is 0 Å². The molecule has 1 aromatic rings. The predicted octanol–water partition coefficient (Wildman–Crippen LogP) is 2.83. The highest BCUT2D eigenvalue weighted by Gasteiger charge is 2.39. The monoisotopic (exact) mass is 224 g/mol. The van der Waals surface area contributed by atoms with E-state index in [0.717, 1.165) is 11.3 Å². The van der Waals surface area contributed by atoms with E-state index in [0.29, 0.717) is 5.01 Å². The van der Waals surface area contributed by atoms with E-state index >= 15 is 0 Å². The molecule has 14 heavy (non-hydrogen) atoms. The molecule has 0 fully saturated rings. The van der Waals surface area contributed by atoms with Crippen LogP contribution in [0.2, 0.25) is 0 Å². The summed E-state index contributed by atoms with van der Waals surface area (Å²) in [5.74, 6) is 0.134. The van der Waals surface area contributed by atoms with Crippen molar-refractivity contribution in [3.63, 3.8) is 0 Å². The summed E-state index contributed by atoms with van der Waals surface area (Å²) < 4.78 is 36.6. The Balaban J connectivity index is 2.87. The lowest BCUT2D eigenvalue weighted by atomic mass is 10.2. The number of rotatable bonds is 2. The van der Waals surface area contributed by atoms with Gasteiger partial charge < -0.3 is 5.73 Å². The van der Waals surface area contributed by atoms with E-state index in [2.05, 4.69) is 4.98 Å². The number of aromatic nitrogens is 1. The average molecular weight is 224 g/mol. The minimum atomic E-state index is -4.39. The van der Waals surface area contributed by atoms with Crippen LogP contribution in [-0.4, -0.2) is 11.2 Å². The van der Waals surface area contributed by atoms with Gasteiger partial charge in [0.1, 0.15) is 6.04 Å². The smallest absolute Gasteiger partial charge is 0.316 e. The van der Waals surface area contributed by atoms with Gasteiger partial charge in [-0.25, -0.2) is 4.98 Å². The SMILES string of the molecule is CC(C)c1ncc(C(N)C(F)(F)F)s1. The third kappa shape index (κ3) is 2.45. The summed E-state index contributed by atoms with van der Waals surface area (Å²) in [7, 11) is 0. The van der Waals surface area contributed by atoms with Crippen molar-refractivity contribution in [2.45, 2.75) is 32.0 Å². The van der Waals surface area contributed by atoms with E-state index in [4.69, 9.17) is 5.73 Å². The molecule has 0 aromatic carbocycles. The maximum atomic E-state index is 12.2. The second-order valence-electron chi connectivity index (χ2n) is 3.27. The van der Waals surface area contributed by atoms with E-state index < -0.39 is 12.2 Å². The molecule has 0 saturated carbocycles. The minimum Gasteiger partial charge on any atom is -0.316 e. The van der Waals surface area contributed by atoms with Crippen LogP contribution in [0, 0.1) is 0 Å². The number of nitrogens with two attached hydrogens (primary N) is 1. The van der Waals surface area contributed by atoms with E-state index in [1.165, 1.54) is 6.20 Å². The van der Waals surface area contributed by atoms with Crippen molar-refractivity contribution in [1.82, 2.24) is 4.98 Å². The summed E-state index contributed by atoms with van der Waals surface area (Å²) in [5, 5.41) is 0.680. The topological polar surface area (TPSA) is 38.9 Å². The van der Waals surface area contributed by atoms with Gasteiger partial charge in [-0.05, 0) is 0 Å². The lowest BCUT2D eigenvalue weighted by Crippen LogP contribution is -2.27. The van der Waals surface area contributed by atoms with Crippen molar-refractivity contribution >= 4 is 11.3 Å². The summed E-state index contributed by atoms with van der Waals surface area (Å²) in [6.07, 6.45) is -3.18. The highest BCUT2D eigenvalue weighted by Crippen LogP contribution is 2.34. The molecule has 2 nitrogen and oxygen atoms in total. The molecule has 0 saturated heterocycles. The summed E-state index contributed by atoms with van der Waals surface area (Å²) in [5.41, 5.74) is 5.03. The Morgan fingerprint density at radius 1 is 1.43 bits per heavy atom. The fraction of sp³-hybridized carbons (Fsp3) is 0.625. The molecule has 1 atom stereocenters. The van der Waals surface area contributed by atoms with Gasteiger partial charge in [0.25, 0.3) is 0 Å². The zero-order valence-corrected chi connectivity index (χ0v) is 8.62. The molecule has 2 N–H and O–H groups in total. The van der Waals surface area contributed by atoms with Crippen molar-refractivity contribution in [3.05, 3.63) is 16.1 Å². The van der Waals surface area contributed by atoms with Crippen LogP contribution >= 0.6 is 11.3 Å². The average Bonchev–Trinajstić information content (AvgIpc) is 2.48. The molecule has 0 amide bonds. The van der Waals surface area contributed by atoms with Crippen LogP contribution in [-0.2, 0) is 0 Å². The molecule has 1 heterocycles. The van der Waals surface area contributed by atoms with E-state index in [-0.39, 0.29) is 10.8 Å². The third-order valence-corrected chi connectivity index (χ3v) is 3.08. The van der Waals surface area contributed by atoms with Crippen molar-refractivity contribution in [1.29, 1.82) is 0 Å². The van der Waals surface area contributed by atoms with Crippen molar-refractivity contribution < 1.29 is 13.2 Å². The van der Waals surface area contributed by atoms with E-state index in [1.807, 2.05) is 13.8 Å². The highest BCUT2D eigenvalue weighted by atomic mass is 32.1. The Labute approximate surface area is 84.0 Å². The van der Waals surface area contributed by atoms with Gasteiger partial charge >= 0.3 is 6.18 Å².